The van der Waals surface area contributed by atoms with Gasteiger partial charge in [-0.15, -0.1) is 0 Å². The highest BCUT2D eigenvalue weighted by molar-refractivity contribution is 5.56. The fourth-order valence-corrected chi connectivity index (χ4v) is 5.03. The lowest BCUT2D eigenvalue weighted by Crippen LogP contribution is -2.61. The molecular formula is C24H31FN2. The van der Waals surface area contributed by atoms with Crippen molar-refractivity contribution in [1.82, 2.24) is 5.32 Å². The fraction of sp³-hybridized carbons (Fsp3) is 0.500. The normalized spacial score (nSPS) is 25.6. The van der Waals surface area contributed by atoms with Gasteiger partial charge in [-0.2, -0.15) is 0 Å². The molecule has 2 aliphatic heterocycles. The van der Waals surface area contributed by atoms with Crippen LogP contribution < -0.4 is 10.2 Å². The Hall–Kier alpha value is -1.87. The smallest absolute Gasteiger partial charge is 0.127 e. The summed E-state index contributed by atoms with van der Waals surface area (Å²) in [6.07, 6.45) is 1.02. The second kappa shape index (κ2) is 6.34. The predicted octanol–water partition coefficient (Wildman–Crippen LogP) is 5.23. The van der Waals surface area contributed by atoms with E-state index in [9.17, 15) is 4.39 Å². The Morgan fingerprint density at radius 2 is 1.81 bits per heavy atom. The molecule has 27 heavy (non-hydrogen) atoms. The molecule has 2 atom stereocenters. The number of hydrogen-bond acceptors (Lipinski definition) is 2. The lowest BCUT2D eigenvalue weighted by molar-refractivity contribution is 0.153. The zero-order chi connectivity index (χ0) is 19.4. The Labute approximate surface area is 162 Å². The Kier molecular flexibility index (Phi) is 4.34. The Morgan fingerprint density at radius 1 is 1.07 bits per heavy atom. The predicted molar refractivity (Wildman–Crippen MR) is 111 cm³/mol. The van der Waals surface area contributed by atoms with Crippen molar-refractivity contribution in [2.75, 3.05) is 18.0 Å². The molecule has 0 amide bonds. The number of nitrogens with one attached hydrogen (secondary N) is 1. The van der Waals surface area contributed by atoms with Crippen LogP contribution in [0.3, 0.4) is 0 Å². The molecule has 0 aromatic heterocycles. The van der Waals surface area contributed by atoms with Gasteiger partial charge in [0.1, 0.15) is 5.82 Å². The summed E-state index contributed by atoms with van der Waals surface area (Å²) in [6.45, 7) is 12.9. The second-order valence-electron chi connectivity index (χ2n) is 9.21. The number of hydrogen-bond donors (Lipinski definition) is 1. The molecule has 0 spiro atoms. The summed E-state index contributed by atoms with van der Waals surface area (Å²) in [5.41, 5.74) is 4.31. The maximum Gasteiger partial charge on any atom is 0.127 e. The topological polar surface area (TPSA) is 15.3 Å². The molecule has 0 bridgehead atoms. The van der Waals surface area contributed by atoms with Gasteiger partial charge in [0.2, 0.25) is 0 Å². The van der Waals surface area contributed by atoms with Crippen molar-refractivity contribution in [2.24, 2.45) is 5.92 Å². The van der Waals surface area contributed by atoms with Crippen molar-refractivity contribution < 1.29 is 4.39 Å². The van der Waals surface area contributed by atoms with Gasteiger partial charge in [0.05, 0.1) is 0 Å². The highest BCUT2D eigenvalue weighted by atomic mass is 19.1. The van der Waals surface area contributed by atoms with Crippen molar-refractivity contribution >= 4 is 5.69 Å². The van der Waals surface area contributed by atoms with Gasteiger partial charge in [0.15, 0.2) is 0 Å². The number of rotatable bonds is 2. The third-order valence-corrected chi connectivity index (χ3v) is 7.21. The van der Waals surface area contributed by atoms with Gasteiger partial charge >= 0.3 is 0 Å². The van der Waals surface area contributed by atoms with Crippen LogP contribution in [-0.4, -0.2) is 18.6 Å². The van der Waals surface area contributed by atoms with Crippen LogP contribution in [0.25, 0.3) is 0 Å². The molecule has 0 saturated carbocycles. The number of halogens is 1. The molecule has 0 aliphatic carbocycles. The van der Waals surface area contributed by atoms with Gasteiger partial charge in [-0.3, -0.25) is 0 Å². The third-order valence-electron chi connectivity index (χ3n) is 7.21. The molecule has 1 N–H and O–H groups in total. The van der Waals surface area contributed by atoms with E-state index in [0.717, 1.165) is 30.6 Å². The molecular weight excluding hydrogens is 335 g/mol. The first kappa shape index (κ1) is 18.5. The molecule has 3 heteroatoms. The Bertz CT molecular complexity index is 855. The molecule has 0 saturated heterocycles. The number of fused-ring (bicyclic) bond motifs is 2. The molecule has 4 rings (SSSR count). The van der Waals surface area contributed by atoms with E-state index in [1.54, 1.807) is 6.07 Å². The van der Waals surface area contributed by atoms with Gasteiger partial charge in [0.25, 0.3) is 0 Å². The zero-order valence-electron chi connectivity index (χ0n) is 17.1. The number of para-hydroxylation sites is 1. The van der Waals surface area contributed by atoms with E-state index in [4.69, 9.17) is 0 Å². The summed E-state index contributed by atoms with van der Waals surface area (Å²) in [6, 6.07) is 14.5. The van der Waals surface area contributed by atoms with Crippen LogP contribution in [0.2, 0.25) is 0 Å². The standard InChI is InChI=1S/C24H31FN2/c1-6-27-15-17(14-16-10-7-8-13-20(16)27)22-18-11-9-12-19(25)21(18)23(2,3)24(4,5)26-22/h7-13,17,22,26H,6,14-15H2,1-5H3. The van der Waals surface area contributed by atoms with Crippen LogP contribution in [0.4, 0.5) is 10.1 Å². The van der Waals surface area contributed by atoms with Crippen molar-refractivity contribution in [2.45, 2.75) is 58.0 Å². The molecule has 0 fully saturated rings. The summed E-state index contributed by atoms with van der Waals surface area (Å²) in [4.78, 5) is 2.47. The minimum Gasteiger partial charge on any atom is -0.371 e. The Balaban J connectivity index is 1.80. The number of benzene rings is 2. The van der Waals surface area contributed by atoms with Crippen molar-refractivity contribution in [1.29, 1.82) is 0 Å². The molecule has 2 aliphatic rings. The maximum absolute atomic E-state index is 15.0. The first-order valence-corrected chi connectivity index (χ1v) is 10.2. The van der Waals surface area contributed by atoms with Gasteiger partial charge < -0.3 is 10.2 Å². The lowest BCUT2D eigenvalue weighted by atomic mass is 9.62. The average Bonchev–Trinajstić information content (AvgIpc) is 2.63. The van der Waals surface area contributed by atoms with Gasteiger partial charge in [0, 0.05) is 47.3 Å². The minimum atomic E-state index is -0.277. The van der Waals surface area contributed by atoms with Crippen LogP contribution in [0.15, 0.2) is 42.5 Å². The summed E-state index contributed by atoms with van der Waals surface area (Å²) in [5.74, 6) is 0.344. The monoisotopic (exact) mass is 366 g/mol. The average molecular weight is 367 g/mol. The molecule has 2 aromatic rings. The summed E-state index contributed by atoms with van der Waals surface area (Å²) in [5, 5.41) is 3.92. The fourth-order valence-electron chi connectivity index (χ4n) is 5.03. The van der Waals surface area contributed by atoms with Crippen LogP contribution in [0.1, 0.15) is 57.4 Å². The lowest BCUT2D eigenvalue weighted by Gasteiger charge is -2.53. The molecule has 0 radical (unpaired) electrons. The first-order chi connectivity index (χ1) is 12.8. The molecule has 2 heterocycles. The maximum atomic E-state index is 15.0. The van der Waals surface area contributed by atoms with E-state index >= 15 is 0 Å². The molecule has 2 aromatic carbocycles. The van der Waals surface area contributed by atoms with Crippen molar-refractivity contribution in [3.63, 3.8) is 0 Å². The number of anilines is 1. The zero-order valence-corrected chi connectivity index (χ0v) is 17.1. The summed E-state index contributed by atoms with van der Waals surface area (Å²) in [7, 11) is 0. The largest absolute Gasteiger partial charge is 0.371 e. The number of nitrogens with zero attached hydrogens (tertiary/aromatic N) is 1. The van der Waals surface area contributed by atoms with Crippen molar-refractivity contribution in [3.8, 4) is 0 Å². The second-order valence-corrected chi connectivity index (χ2v) is 9.21. The third kappa shape index (κ3) is 2.79. The van der Waals surface area contributed by atoms with E-state index in [0.29, 0.717) is 5.92 Å². The first-order valence-electron chi connectivity index (χ1n) is 10.2. The van der Waals surface area contributed by atoms with E-state index in [-0.39, 0.29) is 22.8 Å². The highest BCUT2D eigenvalue weighted by Crippen LogP contribution is 2.48. The van der Waals surface area contributed by atoms with E-state index < -0.39 is 0 Å². The molecule has 2 unspecified atom stereocenters. The quantitative estimate of drug-likeness (QED) is 0.783. The van der Waals surface area contributed by atoms with Gasteiger partial charge in [-0.05, 0) is 50.5 Å². The highest BCUT2D eigenvalue weighted by Gasteiger charge is 2.49. The van der Waals surface area contributed by atoms with Crippen molar-refractivity contribution in [3.05, 3.63) is 65.0 Å². The molecule has 144 valence electrons. The minimum absolute atomic E-state index is 0.0689. The van der Waals surface area contributed by atoms with Crippen LogP contribution in [-0.2, 0) is 11.8 Å². The van der Waals surface area contributed by atoms with Gasteiger partial charge in [-0.25, -0.2) is 4.39 Å². The van der Waals surface area contributed by atoms with Crippen LogP contribution in [0, 0.1) is 11.7 Å². The van der Waals surface area contributed by atoms with Crippen LogP contribution >= 0.6 is 0 Å². The Morgan fingerprint density at radius 3 is 2.56 bits per heavy atom. The summed E-state index contributed by atoms with van der Waals surface area (Å²) >= 11 is 0. The molecule has 2 nitrogen and oxygen atoms in total. The summed E-state index contributed by atoms with van der Waals surface area (Å²) < 4.78 is 15.0. The van der Waals surface area contributed by atoms with Crippen LogP contribution in [0.5, 0.6) is 0 Å². The van der Waals surface area contributed by atoms with E-state index in [1.807, 2.05) is 6.07 Å². The van der Waals surface area contributed by atoms with E-state index in [2.05, 4.69) is 75.2 Å². The van der Waals surface area contributed by atoms with Gasteiger partial charge in [-0.1, -0.05) is 44.2 Å². The SMILES string of the molecule is CCN1CC(C2NC(C)(C)C(C)(C)c3c(F)cccc32)Cc2ccccc21. The van der Waals surface area contributed by atoms with E-state index in [1.165, 1.54) is 11.3 Å².